The maximum absolute atomic E-state index is 12.9. The van der Waals surface area contributed by atoms with Gasteiger partial charge in [-0.2, -0.15) is 0 Å². The van der Waals surface area contributed by atoms with Gasteiger partial charge in [0.25, 0.3) is 0 Å². The topological polar surface area (TPSA) is 129 Å². The van der Waals surface area contributed by atoms with Crippen molar-refractivity contribution in [1.29, 1.82) is 0 Å². The number of carbonyl (C=O) groups excluding carboxylic acids is 4. The zero-order valence-electron chi connectivity index (χ0n) is 24.8. The van der Waals surface area contributed by atoms with Crippen molar-refractivity contribution >= 4 is 23.7 Å². The van der Waals surface area contributed by atoms with Gasteiger partial charge in [-0.15, -0.1) is 0 Å². The Morgan fingerprint density at radius 3 is 1.85 bits per heavy atom. The number of aliphatic hydroxyl groups excluding tert-OH is 1. The summed E-state index contributed by atoms with van der Waals surface area (Å²) in [6, 6.07) is 12.0. The van der Waals surface area contributed by atoms with E-state index >= 15 is 0 Å². The highest BCUT2D eigenvalue weighted by Crippen LogP contribution is 2.43. The summed E-state index contributed by atoms with van der Waals surface area (Å²) in [4.78, 5) is 49.7. The molecule has 0 amide bonds. The molecule has 0 aromatic heterocycles. The molecule has 1 saturated heterocycles. The largest absolute Gasteiger partial charge is 0.460 e. The van der Waals surface area contributed by atoms with Crippen LogP contribution in [0.25, 0.3) is 0 Å². The van der Waals surface area contributed by atoms with Gasteiger partial charge in [0.15, 0.2) is 11.4 Å². The van der Waals surface area contributed by atoms with E-state index in [0.29, 0.717) is 12.0 Å². The van der Waals surface area contributed by atoms with Crippen LogP contribution in [0, 0.1) is 5.92 Å². The number of rotatable bonds is 12. The van der Waals surface area contributed by atoms with Crippen LogP contribution in [0.15, 0.2) is 60.2 Å². The van der Waals surface area contributed by atoms with E-state index < -0.39 is 35.9 Å². The molecule has 1 aliphatic rings. The van der Waals surface area contributed by atoms with E-state index in [2.05, 4.69) is 0 Å². The number of Topliss-reactive ketones (excluding diaryl/α,β-unsaturated/α-hetero) is 1. The molecule has 41 heavy (non-hydrogen) atoms. The molecule has 3 atom stereocenters. The van der Waals surface area contributed by atoms with Crippen molar-refractivity contribution in [2.24, 2.45) is 5.92 Å². The minimum Gasteiger partial charge on any atom is -0.460 e. The number of aliphatic hydroxyl groups is 1. The Balaban J connectivity index is 0.00000287. The first-order valence-electron chi connectivity index (χ1n) is 13.7. The van der Waals surface area contributed by atoms with Gasteiger partial charge >= 0.3 is 17.9 Å². The molecule has 2 aromatic rings. The molecule has 0 bridgehead atoms. The fraction of sp³-hybridized carbons (Fsp3) is 0.438. The Hall–Kier alpha value is -3.82. The molecule has 1 aliphatic heterocycles. The van der Waals surface area contributed by atoms with Crippen LogP contribution >= 0.6 is 0 Å². The molecule has 1 fully saturated rings. The SMILES string of the molecule is CC.CC(C)=CCC(OC(=O)c1ccc(C(=O)C(C)C)cc1)C1(C)OC1OC(=O)c1ccc(C(=O)OCCO)cc1. The lowest BCUT2D eigenvalue weighted by Gasteiger charge is -2.21. The molecular formula is C32H40O9. The van der Waals surface area contributed by atoms with Crippen molar-refractivity contribution in [2.75, 3.05) is 13.2 Å². The summed E-state index contributed by atoms with van der Waals surface area (Å²) in [5.41, 5.74) is 1.17. The van der Waals surface area contributed by atoms with Gasteiger partial charge in [0, 0.05) is 17.9 Å². The number of ether oxygens (including phenoxy) is 4. The van der Waals surface area contributed by atoms with E-state index in [1.54, 1.807) is 31.2 Å². The standard InChI is InChI=1S/C30H34O9.C2H6/c1-18(2)6-15-24(37-27(34)22-9-7-20(8-10-22)25(32)19(3)4)30(5)29(39-30)38-28(35)23-13-11-21(12-14-23)26(33)36-17-16-31;1-2/h6-14,19,24,29,31H,15-17H2,1-5H3;1-2H3. The molecule has 9 nitrogen and oxygen atoms in total. The summed E-state index contributed by atoms with van der Waals surface area (Å²) < 4.78 is 21.9. The van der Waals surface area contributed by atoms with E-state index in [9.17, 15) is 19.2 Å². The number of ketones is 1. The summed E-state index contributed by atoms with van der Waals surface area (Å²) in [5.74, 6) is -2.05. The van der Waals surface area contributed by atoms with Crippen LogP contribution in [-0.2, 0) is 18.9 Å². The van der Waals surface area contributed by atoms with Gasteiger partial charge in [0.1, 0.15) is 12.7 Å². The number of esters is 3. The van der Waals surface area contributed by atoms with E-state index in [-0.39, 0.29) is 41.6 Å². The van der Waals surface area contributed by atoms with Gasteiger partial charge in [-0.1, -0.05) is 51.5 Å². The van der Waals surface area contributed by atoms with Crippen LogP contribution in [0.4, 0.5) is 0 Å². The average Bonchev–Trinajstić information content (AvgIpc) is 3.63. The molecule has 0 aliphatic carbocycles. The van der Waals surface area contributed by atoms with E-state index in [1.807, 2.05) is 47.6 Å². The smallest absolute Gasteiger partial charge is 0.340 e. The molecule has 3 unspecified atom stereocenters. The van der Waals surface area contributed by atoms with Crippen LogP contribution in [0.1, 0.15) is 96.3 Å². The molecule has 222 valence electrons. The number of hydrogen-bond donors (Lipinski definition) is 1. The van der Waals surface area contributed by atoms with Crippen molar-refractivity contribution < 1.29 is 43.2 Å². The summed E-state index contributed by atoms with van der Waals surface area (Å²) in [7, 11) is 0. The second-order valence-corrected chi connectivity index (χ2v) is 9.98. The predicted octanol–water partition coefficient (Wildman–Crippen LogP) is 5.55. The third-order valence-electron chi connectivity index (χ3n) is 6.22. The van der Waals surface area contributed by atoms with Crippen LogP contribution in [-0.4, -0.2) is 60.0 Å². The Bertz CT molecular complexity index is 1220. The van der Waals surface area contributed by atoms with Crippen LogP contribution in [0.3, 0.4) is 0 Å². The van der Waals surface area contributed by atoms with Gasteiger partial charge < -0.3 is 24.1 Å². The minimum absolute atomic E-state index is 0.0174. The fourth-order valence-electron chi connectivity index (χ4n) is 3.74. The highest BCUT2D eigenvalue weighted by atomic mass is 16.8. The van der Waals surface area contributed by atoms with E-state index in [0.717, 1.165) is 5.57 Å². The second-order valence-electron chi connectivity index (χ2n) is 9.98. The zero-order valence-corrected chi connectivity index (χ0v) is 24.8. The number of hydrogen-bond acceptors (Lipinski definition) is 9. The van der Waals surface area contributed by atoms with Crippen molar-refractivity contribution in [1.82, 2.24) is 0 Å². The fourth-order valence-corrected chi connectivity index (χ4v) is 3.74. The molecule has 3 rings (SSSR count). The number of epoxide rings is 1. The third kappa shape index (κ3) is 9.09. The maximum Gasteiger partial charge on any atom is 0.340 e. The second kappa shape index (κ2) is 15.3. The normalized spacial score (nSPS) is 17.8. The molecular weight excluding hydrogens is 528 g/mol. The lowest BCUT2D eigenvalue weighted by Crippen LogP contribution is -2.35. The van der Waals surface area contributed by atoms with Gasteiger partial charge in [-0.3, -0.25) is 4.79 Å². The van der Waals surface area contributed by atoms with Gasteiger partial charge in [0.2, 0.25) is 6.29 Å². The van der Waals surface area contributed by atoms with Crippen molar-refractivity contribution in [3.63, 3.8) is 0 Å². The van der Waals surface area contributed by atoms with Crippen LogP contribution in [0.5, 0.6) is 0 Å². The molecule has 1 N–H and O–H groups in total. The molecule has 2 aromatic carbocycles. The van der Waals surface area contributed by atoms with Crippen molar-refractivity contribution in [2.45, 2.75) is 72.9 Å². The first-order valence-corrected chi connectivity index (χ1v) is 13.7. The third-order valence-corrected chi connectivity index (χ3v) is 6.22. The lowest BCUT2D eigenvalue weighted by atomic mass is 9.99. The van der Waals surface area contributed by atoms with Crippen molar-refractivity contribution in [3.8, 4) is 0 Å². The Labute approximate surface area is 241 Å². The average molecular weight is 569 g/mol. The highest BCUT2D eigenvalue weighted by molar-refractivity contribution is 5.98. The maximum atomic E-state index is 12.9. The van der Waals surface area contributed by atoms with Gasteiger partial charge in [0.05, 0.1) is 23.3 Å². The summed E-state index contributed by atoms with van der Waals surface area (Å²) in [6.07, 6.45) is 0.544. The molecule has 1 heterocycles. The summed E-state index contributed by atoms with van der Waals surface area (Å²) in [6.45, 7) is 12.7. The molecule has 9 heteroatoms. The number of carbonyl (C=O) groups is 4. The van der Waals surface area contributed by atoms with Crippen LogP contribution < -0.4 is 0 Å². The predicted molar refractivity (Wildman–Crippen MR) is 153 cm³/mol. The Kier molecular flexibility index (Phi) is 12.4. The first-order chi connectivity index (χ1) is 19.5. The van der Waals surface area contributed by atoms with Gasteiger partial charge in [-0.05, 0) is 57.2 Å². The molecule has 0 radical (unpaired) electrons. The van der Waals surface area contributed by atoms with Gasteiger partial charge in [-0.25, -0.2) is 14.4 Å². The Morgan fingerprint density at radius 2 is 1.37 bits per heavy atom. The van der Waals surface area contributed by atoms with E-state index in [4.69, 9.17) is 24.1 Å². The first kappa shape index (κ1) is 33.4. The molecule has 0 saturated carbocycles. The number of allylic oxidation sites excluding steroid dienone is 1. The highest BCUT2D eigenvalue weighted by Gasteiger charge is 2.62. The Morgan fingerprint density at radius 1 is 0.878 bits per heavy atom. The minimum atomic E-state index is -1.07. The van der Waals surface area contributed by atoms with Crippen molar-refractivity contribution in [3.05, 3.63) is 82.4 Å². The summed E-state index contributed by atoms with van der Waals surface area (Å²) in [5, 5.41) is 8.77. The van der Waals surface area contributed by atoms with Crippen LogP contribution in [0.2, 0.25) is 0 Å². The lowest BCUT2D eigenvalue weighted by molar-refractivity contribution is 0.00862. The molecule has 0 spiro atoms. The number of benzene rings is 2. The monoisotopic (exact) mass is 568 g/mol. The quantitative estimate of drug-likeness (QED) is 0.115. The van der Waals surface area contributed by atoms with E-state index in [1.165, 1.54) is 24.3 Å². The zero-order chi connectivity index (χ0) is 30.7. The summed E-state index contributed by atoms with van der Waals surface area (Å²) >= 11 is 0.